The average molecular weight is 429 g/mol. The van der Waals surface area contributed by atoms with Gasteiger partial charge in [-0.1, -0.05) is 30.6 Å². The first-order valence-electron chi connectivity index (χ1n) is 10.6. The third-order valence-electron chi connectivity index (χ3n) is 5.00. The van der Waals surface area contributed by atoms with Gasteiger partial charge in [-0.05, 0) is 52.2 Å². The summed E-state index contributed by atoms with van der Waals surface area (Å²) in [5, 5.41) is 11.8. The molecule has 31 heavy (non-hydrogen) atoms. The number of aromatic nitrogens is 1. The third kappa shape index (κ3) is 6.44. The molecule has 0 atom stereocenters. The number of rotatable bonds is 11. The largest absolute Gasteiger partial charge is 0.489 e. The summed E-state index contributed by atoms with van der Waals surface area (Å²) < 4.78 is 13.2. The van der Waals surface area contributed by atoms with Crippen molar-refractivity contribution < 1.29 is 14.4 Å². The van der Waals surface area contributed by atoms with Gasteiger partial charge in [0.15, 0.2) is 5.75 Å². The van der Waals surface area contributed by atoms with Gasteiger partial charge in [-0.3, -0.25) is 14.9 Å². The van der Waals surface area contributed by atoms with Gasteiger partial charge >= 0.3 is 0 Å². The van der Waals surface area contributed by atoms with Crippen molar-refractivity contribution in [3.8, 4) is 11.5 Å². The van der Waals surface area contributed by atoms with E-state index in [0.717, 1.165) is 25.7 Å². The summed E-state index contributed by atoms with van der Waals surface area (Å²) in [5.74, 6) is 0.477. The van der Waals surface area contributed by atoms with Gasteiger partial charge < -0.3 is 14.0 Å². The number of unbranched alkanes of at least 4 members (excludes halogenated alkanes) is 1. The number of pyridine rings is 1. The van der Waals surface area contributed by atoms with Crippen LogP contribution in [0, 0.1) is 10.1 Å². The maximum atomic E-state index is 13.0. The van der Waals surface area contributed by atoms with Crippen molar-refractivity contribution in [2.75, 3.05) is 13.2 Å². The Hall–Kier alpha value is -3.09. The SMILES string of the molecule is CCCCOc1c(OCC=C(C)CCC=C(C)C)c(=O)n(C)c2cc([N+](=O)[O-])ccc12. The van der Waals surface area contributed by atoms with E-state index in [2.05, 4.69) is 26.8 Å². The highest BCUT2D eigenvalue weighted by atomic mass is 16.6. The van der Waals surface area contributed by atoms with Gasteiger partial charge in [0.25, 0.3) is 11.2 Å². The molecule has 0 bridgehead atoms. The van der Waals surface area contributed by atoms with Gasteiger partial charge in [-0.15, -0.1) is 0 Å². The molecule has 0 aliphatic rings. The van der Waals surface area contributed by atoms with E-state index in [4.69, 9.17) is 9.47 Å². The summed E-state index contributed by atoms with van der Waals surface area (Å²) in [7, 11) is 1.58. The molecular weight excluding hydrogens is 396 g/mol. The lowest BCUT2D eigenvalue weighted by Gasteiger charge is -2.16. The number of nitro groups is 1. The predicted molar refractivity (Wildman–Crippen MR) is 124 cm³/mol. The number of benzene rings is 1. The molecular formula is C24H32N2O5. The van der Waals surface area contributed by atoms with Crippen molar-refractivity contribution in [3.63, 3.8) is 0 Å². The Labute approximate surface area is 183 Å². The molecule has 1 aromatic heterocycles. The first-order chi connectivity index (χ1) is 14.8. The van der Waals surface area contributed by atoms with Gasteiger partial charge in [0.05, 0.1) is 17.0 Å². The summed E-state index contributed by atoms with van der Waals surface area (Å²) >= 11 is 0. The van der Waals surface area contributed by atoms with Crippen LogP contribution in [-0.4, -0.2) is 22.7 Å². The van der Waals surface area contributed by atoms with E-state index in [1.165, 1.54) is 27.8 Å². The number of hydrogen-bond donors (Lipinski definition) is 0. The highest BCUT2D eigenvalue weighted by Crippen LogP contribution is 2.34. The summed E-state index contributed by atoms with van der Waals surface area (Å²) in [4.78, 5) is 23.7. The molecule has 7 nitrogen and oxygen atoms in total. The molecule has 0 aliphatic carbocycles. The number of hydrogen-bond acceptors (Lipinski definition) is 5. The number of aryl methyl sites for hydroxylation is 1. The number of allylic oxidation sites excluding steroid dienone is 3. The molecule has 0 N–H and O–H groups in total. The monoisotopic (exact) mass is 428 g/mol. The van der Waals surface area contributed by atoms with E-state index in [0.29, 0.717) is 23.3 Å². The van der Waals surface area contributed by atoms with Gasteiger partial charge in [0.1, 0.15) is 6.61 Å². The first-order valence-corrected chi connectivity index (χ1v) is 10.6. The normalized spacial score (nSPS) is 11.5. The second kappa shape index (κ2) is 11.3. The van der Waals surface area contributed by atoms with Crippen LogP contribution in [0.4, 0.5) is 5.69 Å². The summed E-state index contributed by atoms with van der Waals surface area (Å²) in [6, 6.07) is 4.42. The smallest absolute Gasteiger partial charge is 0.297 e. The fourth-order valence-electron chi connectivity index (χ4n) is 3.13. The van der Waals surface area contributed by atoms with Gasteiger partial charge in [0, 0.05) is 24.6 Å². The number of ether oxygens (including phenoxy) is 2. The number of nitrogens with zero attached hydrogens (tertiary/aromatic N) is 2. The fraction of sp³-hybridized carbons (Fsp3) is 0.458. The molecule has 0 amide bonds. The number of non-ortho nitro benzene ring substituents is 1. The van der Waals surface area contributed by atoms with Gasteiger partial charge in [-0.25, -0.2) is 0 Å². The molecule has 1 aromatic carbocycles. The quantitative estimate of drug-likeness (QED) is 0.198. The molecule has 7 heteroatoms. The Bertz CT molecular complexity index is 1050. The minimum absolute atomic E-state index is 0.0781. The van der Waals surface area contributed by atoms with E-state index in [1.807, 2.05) is 13.0 Å². The second-order valence-electron chi connectivity index (χ2n) is 7.86. The lowest BCUT2D eigenvalue weighted by molar-refractivity contribution is -0.384. The number of fused-ring (bicyclic) bond motifs is 1. The van der Waals surface area contributed by atoms with Crippen LogP contribution >= 0.6 is 0 Å². The standard InChI is InChI=1S/C24H32N2O5/c1-6-7-14-30-22-20-12-11-19(26(28)29)16-21(20)25(5)24(27)23(22)31-15-13-18(4)10-8-9-17(2)3/h9,11-13,16H,6-8,10,14-15H2,1-5H3. The Morgan fingerprint density at radius 3 is 2.55 bits per heavy atom. The Balaban J connectivity index is 2.39. The second-order valence-corrected chi connectivity index (χ2v) is 7.86. The summed E-state index contributed by atoms with van der Waals surface area (Å²) in [6.07, 6.45) is 7.81. The van der Waals surface area contributed by atoms with Crippen LogP contribution in [0.5, 0.6) is 11.5 Å². The van der Waals surface area contributed by atoms with Crippen molar-refractivity contribution in [1.29, 1.82) is 0 Å². The Kier molecular flexibility index (Phi) is 8.85. The van der Waals surface area contributed by atoms with E-state index in [-0.39, 0.29) is 23.6 Å². The summed E-state index contributed by atoms with van der Waals surface area (Å²) in [5.41, 5.74) is 2.45. The lowest BCUT2D eigenvalue weighted by atomic mass is 10.1. The number of nitro benzene ring substituents is 1. The van der Waals surface area contributed by atoms with Crippen molar-refractivity contribution in [3.05, 3.63) is 62.0 Å². The van der Waals surface area contributed by atoms with E-state index >= 15 is 0 Å². The average Bonchev–Trinajstić information content (AvgIpc) is 2.72. The zero-order chi connectivity index (χ0) is 23.0. The van der Waals surface area contributed by atoms with Crippen molar-refractivity contribution in [2.24, 2.45) is 7.05 Å². The highest BCUT2D eigenvalue weighted by Gasteiger charge is 2.20. The van der Waals surface area contributed by atoms with Crippen LogP contribution in [0.1, 0.15) is 53.4 Å². The molecule has 2 rings (SSSR count). The van der Waals surface area contributed by atoms with E-state index in [9.17, 15) is 14.9 Å². The molecule has 0 saturated heterocycles. The lowest BCUT2D eigenvalue weighted by Crippen LogP contribution is -2.21. The summed E-state index contributed by atoms with van der Waals surface area (Å²) in [6.45, 7) is 8.93. The molecule has 2 aromatic rings. The van der Waals surface area contributed by atoms with Gasteiger partial charge in [-0.2, -0.15) is 0 Å². The Morgan fingerprint density at radius 1 is 1.16 bits per heavy atom. The fourth-order valence-corrected chi connectivity index (χ4v) is 3.13. The molecule has 0 unspecified atom stereocenters. The van der Waals surface area contributed by atoms with Crippen LogP contribution in [0.3, 0.4) is 0 Å². The minimum Gasteiger partial charge on any atom is -0.489 e. The maximum absolute atomic E-state index is 13.0. The zero-order valence-electron chi connectivity index (χ0n) is 19.1. The first kappa shape index (κ1) is 24.2. The predicted octanol–water partition coefficient (Wildman–Crippen LogP) is 5.70. The highest BCUT2D eigenvalue weighted by molar-refractivity contribution is 5.89. The minimum atomic E-state index is -0.477. The molecule has 0 spiro atoms. The molecule has 0 aliphatic heterocycles. The van der Waals surface area contributed by atoms with Crippen molar-refractivity contribution in [1.82, 2.24) is 4.57 Å². The molecule has 0 fully saturated rings. The van der Waals surface area contributed by atoms with Gasteiger partial charge in [0.2, 0.25) is 5.75 Å². The zero-order valence-corrected chi connectivity index (χ0v) is 19.1. The van der Waals surface area contributed by atoms with E-state index in [1.54, 1.807) is 13.1 Å². The van der Waals surface area contributed by atoms with E-state index < -0.39 is 4.92 Å². The molecule has 168 valence electrons. The molecule has 0 saturated carbocycles. The van der Waals surface area contributed by atoms with Crippen LogP contribution < -0.4 is 15.0 Å². The van der Waals surface area contributed by atoms with Crippen molar-refractivity contribution >= 4 is 16.6 Å². The Morgan fingerprint density at radius 2 is 1.90 bits per heavy atom. The van der Waals surface area contributed by atoms with Crippen LogP contribution in [-0.2, 0) is 7.05 Å². The van der Waals surface area contributed by atoms with Crippen molar-refractivity contribution in [2.45, 2.75) is 53.4 Å². The van der Waals surface area contributed by atoms with Crippen LogP contribution in [0.2, 0.25) is 0 Å². The van der Waals surface area contributed by atoms with Crippen LogP contribution in [0.15, 0.2) is 46.3 Å². The topological polar surface area (TPSA) is 83.6 Å². The molecule has 1 heterocycles. The third-order valence-corrected chi connectivity index (χ3v) is 5.00. The maximum Gasteiger partial charge on any atom is 0.297 e. The van der Waals surface area contributed by atoms with Crippen LogP contribution in [0.25, 0.3) is 10.9 Å². The molecule has 0 radical (unpaired) electrons.